The number of hydrogen-bond acceptors (Lipinski definition) is 1. The minimum atomic E-state index is -4.54. The maximum atomic E-state index is 12.5. The number of aliphatic imine (C=N–C) groups is 1. The van der Waals surface area contributed by atoms with Gasteiger partial charge >= 0.3 is 6.18 Å². The van der Waals surface area contributed by atoms with Crippen molar-refractivity contribution in [1.82, 2.24) is 0 Å². The second kappa shape index (κ2) is 3.98. The number of halogens is 4. The zero-order valence-electron chi connectivity index (χ0n) is 7.35. The van der Waals surface area contributed by atoms with Gasteiger partial charge in [-0.2, -0.15) is 13.2 Å². The van der Waals surface area contributed by atoms with Crippen LogP contribution in [0.3, 0.4) is 0 Å². The lowest BCUT2D eigenvalue weighted by atomic mass is 10.2. The van der Waals surface area contributed by atoms with Crippen molar-refractivity contribution < 1.29 is 13.2 Å². The molecule has 0 heterocycles. The molecule has 0 spiro atoms. The summed E-state index contributed by atoms with van der Waals surface area (Å²) in [4.78, 5) is 3.36. The average Bonchev–Trinajstić information content (AvgIpc) is 2.05. The Balaban J connectivity index is 3.34. The van der Waals surface area contributed by atoms with Crippen LogP contribution in [-0.2, 0) is 6.18 Å². The molecule has 0 fully saturated rings. The Labute approximate surface area is 88.5 Å². The number of nitrogens with two attached hydrogens (primary N) is 2. The van der Waals surface area contributed by atoms with E-state index in [1.807, 2.05) is 0 Å². The molecule has 0 radical (unpaired) electrons. The first kappa shape index (κ1) is 11.6. The Kier molecular flexibility index (Phi) is 3.09. The molecule has 0 aliphatic heterocycles. The largest absolute Gasteiger partial charge is 0.418 e. The van der Waals surface area contributed by atoms with E-state index < -0.39 is 17.7 Å². The molecule has 0 aliphatic rings. The SMILES string of the molecule is NC(N)=Nc1ccc(Cl)cc1C(F)(F)F. The molecule has 1 aromatic carbocycles. The summed E-state index contributed by atoms with van der Waals surface area (Å²) in [6.45, 7) is 0. The summed E-state index contributed by atoms with van der Waals surface area (Å²) < 4.78 is 37.4. The topological polar surface area (TPSA) is 64.4 Å². The highest BCUT2D eigenvalue weighted by molar-refractivity contribution is 6.30. The van der Waals surface area contributed by atoms with Crippen LogP contribution in [0, 0.1) is 0 Å². The van der Waals surface area contributed by atoms with Crippen LogP contribution in [0.2, 0.25) is 5.02 Å². The molecule has 1 aromatic rings. The number of nitrogens with zero attached hydrogens (tertiary/aromatic N) is 1. The van der Waals surface area contributed by atoms with Crippen molar-refractivity contribution in [2.45, 2.75) is 6.18 Å². The quantitative estimate of drug-likeness (QED) is 0.581. The van der Waals surface area contributed by atoms with Gasteiger partial charge in [0.2, 0.25) is 0 Å². The molecule has 0 aromatic heterocycles. The Morgan fingerprint density at radius 1 is 1.27 bits per heavy atom. The lowest BCUT2D eigenvalue weighted by molar-refractivity contribution is -0.137. The fourth-order valence-corrected chi connectivity index (χ4v) is 1.14. The van der Waals surface area contributed by atoms with E-state index in [-0.39, 0.29) is 10.7 Å². The van der Waals surface area contributed by atoms with Crippen molar-refractivity contribution in [3.8, 4) is 0 Å². The third kappa shape index (κ3) is 3.02. The van der Waals surface area contributed by atoms with E-state index in [1.54, 1.807) is 0 Å². The highest BCUT2D eigenvalue weighted by Crippen LogP contribution is 2.37. The molecule has 0 bridgehead atoms. The fraction of sp³-hybridized carbons (Fsp3) is 0.125. The van der Waals surface area contributed by atoms with Crippen LogP contribution in [0.25, 0.3) is 0 Å². The predicted octanol–water partition coefficient (Wildman–Crippen LogP) is 2.26. The van der Waals surface area contributed by atoms with Gasteiger partial charge in [-0.15, -0.1) is 0 Å². The fourth-order valence-electron chi connectivity index (χ4n) is 0.972. The average molecular weight is 238 g/mol. The van der Waals surface area contributed by atoms with Crippen LogP contribution in [0.1, 0.15) is 5.56 Å². The van der Waals surface area contributed by atoms with Gasteiger partial charge < -0.3 is 11.5 Å². The molecule has 0 atom stereocenters. The second-order valence-corrected chi connectivity index (χ2v) is 3.13. The van der Waals surface area contributed by atoms with E-state index in [0.29, 0.717) is 0 Å². The van der Waals surface area contributed by atoms with Gasteiger partial charge in [0, 0.05) is 5.02 Å². The summed E-state index contributed by atoms with van der Waals surface area (Å²) >= 11 is 5.45. The first-order valence-electron chi connectivity index (χ1n) is 3.77. The number of benzene rings is 1. The van der Waals surface area contributed by atoms with Gasteiger partial charge in [-0.1, -0.05) is 11.6 Å². The molecular formula is C8H7ClF3N3. The normalized spacial score (nSPS) is 11.2. The van der Waals surface area contributed by atoms with E-state index >= 15 is 0 Å². The smallest absolute Gasteiger partial charge is 0.370 e. The lowest BCUT2D eigenvalue weighted by Crippen LogP contribution is -2.22. The lowest BCUT2D eigenvalue weighted by Gasteiger charge is -2.09. The van der Waals surface area contributed by atoms with Gasteiger partial charge in [-0.3, -0.25) is 0 Å². The summed E-state index contributed by atoms with van der Waals surface area (Å²) in [5.41, 5.74) is 8.68. The molecular weight excluding hydrogens is 231 g/mol. The summed E-state index contributed by atoms with van der Waals surface area (Å²) in [6.07, 6.45) is -4.54. The van der Waals surface area contributed by atoms with Crippen LogP contribution in [0.15, 0.2) is 23.2 Å². The molecule has 1 rings (SSSR count). The Morgan fingerprint density at radius 3 is 2.33 bits per heavy atom. The standard InChI is InChI=1S/C8H7ClF3N3/c9-4-1-2-6(15-7(13)14)5(3-4)8(10,11)12/h1-3H,(H4,13,14,15). The minimum Gasteiger partial charge on any atom is -0.370 e. The van der Waals surface area contributed by atoms with Crippen molar-refractivity contribution in [2.75, 3.05) is 0 Å². The van der Waals surface area contributed by atoms with Gasteiger partial charge in [-0.05, 0) is 18.2 Å². The number of alkyl halides is 3. The van der Waals surface area contributed by atoms with Crippen LogP contribution < -0.4 is 11.5 Å². The zero-order valence-corrected chi connectivity index (χ0v) is 8.10. The molecule has 4 N–H and O–H groups in total. The van der Waals surface area contributed by atoms with Gasteiger partial charge in [0.05, 0.1) is 11.3 Å². The van der Waals surface area contributed by atoms with Gasteiger partial charge in [0.15, 0.2) is 5.96 Å². The summed E-state index contributed by atoms with van der Waals surface area (Å²) in [7, 11) is 0. The Hall–Kier alpha value is -1.43. The molecule has 0 unspecified atom stereocenters. The van der Waals surface area contributed by atoms with E-state index in [4.69, 9.17) is 23.1 Å². The predicted molar refractivity (Wildman–Crippen MR) is 51.9 cm³/mol. The van der Waals surface area contributed by atoms with E-state index in [2.05, 4.69) is 4.99 Å². The van der Waals surface area contributed by atoms with Crippen molar-refractivity contribution in [1.29, 1.82) is 0 Å². The molecule has 3 nitrogen and oxygen atoms in total. The molecule has 0 aliphatic carbocycles. The van der Waals surface area contributed by atoms with Crippen LogP contribution in [0.5, 0.6) is 0 Å². The highest BCUT2D eigenvalue weighted by Gasteiger charge is 2.33. The van der Waals surface area contributed by atoms with E-state index in [1.165, 1.54) is 6.07 Å². The van der Waals surface area contributed by atoms with Crippen LogP contribution in [0.4, 0.5) is 18.9 Å². The van der Waals surface area contributed by atoms with E-state index in [0.717, 1.165) is 12.1 Å². The summed E-state index contributed by atoms with van der Waals surface area (Å²) in [6, 6.07) is 3.15. The van der Waals surface area contributed by atoms with Crippen molar-refractivity contribution >= 4 is 23.2 Å². The number of guanidine groups is 1. The Bertz CT molecular complexity index is 397. The van der Waals surface area contributed by atoms with Gasteiger partial charge in [0.25, 0.3) is 0 Å². The second-order valence-electron chi connectivity index (χ2n) is 2.70. The first-order valence-corrected chi connectivity index (χ1v) is 4.15. The maximum Gasteiger partial charge on any atom is 0.418 e. The minimum absolute atomic E-state index is 0.0307. The highest BCUT2D eigenvalue weighted by atomic mass is 35.5. The Morgan fingerprint density at radius 2 is 1.87 bits per heavy atom. The van der Waals surface area contributed by atoms with Crippen LogP contribution in [-0.4, -0.2) is 5.96 Å². The third-order valence-corrected chi connectivity index (χ3v) is 1.75. The summed E-state index contributed by atoms with van der Waals surface area (Å²) in [5, 5.41) is -0.0307. The molecule has 82 valence electrons. The molecule has 0 saturated carbocycles. The van der Waals surface area contributed by atoms with Gasteiger partial charge in [-0.25, -0.2) is 4.99 Å². The number of rotatable bonds is 1. The molecule has 0 saturated heterocycles. The monoisotopic (exact) mass is 237 g/mol. The van der Waals surface area contributed by atoms with Crippen molar-refractivity contribution in [2.24, 2.45) is 16.5 Å². The summed E-state index contributed by atoms with van der Waals surface area (Å²) in [5.74, 6) is -0.442. The molecule has 15 heavy (non-hydrogen) atoms. The van der Waals surface area contributed by atoms with Crippen LogP contribution >= 0.6 is 11.6 Å². The van der Waals surface area contributed by atoms with E-state index in [9.17, 15) is 13.2 Å². The molecule has 7 heteroatoms. The van der Waals surface area contributed by atoms with Crippen molar-refractivity contribution in [3.05, 3.63) is 28.8 Å². The first-order chi connectivity index (χ1) is 6.80. The number of hydrogen-bond donors (Lipinski definition) is 2. The zero-order chi connectivity index (χ0) is 11.6. The third-order valence-electron chi connectivity index (χ3n) is 1.51. The maximum absolute atomic E-state index is 12.5. The molecule has 0 amide bonds. The van der Waals surface area contributed by atoms with Gasteiger partial charge in [0.1, 0.15) is 0 Å². The van der Waals surface area contributed by atoms with Crippen molar-refractivity contribution in [3.63, 3.8) is 0 Å².